The summed E-state index contributed by atoms with van der Waals surface area (Å²) in [6.45, 7) is -0.201. The van der Waals surface area contributed by atoms with Crippen LogP contribution in [0.1, 0.15) is 23.2 Å². The maximum atomic E-state index is 13.7. The summed E-state index contributed by atoms with van der Waals surface area (Å²) >= 11 is 0. The van der Waals surface area contributed by atoms with Crippen LogP contribution in [0.15, 0.2) is 55.1 Å². The molecule has 1 amide bonds. The number of nitrogens with zero attached hydrogens (tertiary/aromatic N) is 5. The van der Waals surface area contributed by atoms with E-state index in [0.717, 1.165) is 16.6 Å². The molecule has 0 atom stereocenters. The molecule has 5 rings (SSSR count). The van der Waals surface area contributed by atoms with Crippen molar-refractivity contribution in [1.82, 2.24) is 29.6 Å². The lowest BCUT2D eigenvalue weighted by Crippen LogP contribution is -2.45. The number of pyridine rings is 1. The van der Waals surface area contributed by atoms with E-state index in [1.165, 1.54) is 17.4 Å². The van der Waals surface area contributed by atoms with Crippen LogP contribution in [0.2, 0.25) is 0 Å². The summed E-state index contributed by atoms with van der Waals surface area (Å²) in [5.74, 6) is -2.55. The summed E-state index contributed by atoms with van der Waals surface area (Å²) in [5.41, 5.74) is 2.81. The molecule has 4 aromatic rings. The number of likely N-dealkylation sites (tertiary alicyclic amines) is 1. The number of carbonyl (C=O) groups is 1. The maximum Gasteiger partial charge on any atom is 0.265 e. The molecule has 0 unspecified atom stereocenters. The van der Waals surface area contributed by atoms with E-state index in [9.17, 15) is 13.6 Å². The van der Waals surface area contributed by atoms with Crippen LogP contribution in [0.3, 0.4) is 0 Å². The zero-order chi connectivity index (χ0) is 20.7. The third kappa shape index (κ3) is 3.32. The van der Waals surface area contributed by atoms with Crippen molar-refractivity contribution in [2.24, 2.45) is 0 Å². The number of carbonyl (C=O) groups excluding carboxylic acids is 1. The molecule has 152 valence electrons. The standard InChI is InChI=1S/C21H18F2N6O/c22-21(23)7-1-8-28(12-21)20(30)16-10-15-6-9-29(19(15)24-11-16)17-4-2-14(3-5-17)18-25-13-26-27-18/h2-6,9-11,13H,1,7-8,12H2,(H,25,26,27). The first-order valence-corrected chi connectivity index (χ1v) is 9.61. The zero-order valence-electron chi connectivity index (χ0n) is 15.9. The van der Waals surface area contributed by atoms with Crippen LogP contribution in [-0.4, -0.2) is 54.6 Å². The van der Waals surface area contributed by atoms with E-state index in [4.69, 9.17) is 0 Å². The molecule has 1 aliphatic heterocycles. The Balaban J connectivity index is 1.42. The van der Waals surface area contributed by atoms with Crippen molar-refractivity contribution in [1.29, 1.82) is 0 Å². The highest BCUT2D eigenvalue weighted by Gasteiger charge is 2.37. The van der Waals surface area contributed by atoms with Crippen molar-refractivity contribution in [3.63, 3.8) is 0 Å². The minimum atomic E-state index is -2.83. The summed E-state index contributed by atoms with van der Waals surface area (Å²) in [7, 11) is 0. The summed E-state index contributed by atoms with van der Waals surface area (Å²) < 4.78 is 29.2. The topological polar surface area (TPSA) is 79.7 Å². The van der Waals surface area contributed by atoms with Gasteiger partial charge in [0.05, 0.1) is 12.1 Å². The van der Waals surface area contributed by atoms with Crippen LogP contribution in [0.5, 0.6) is 0 Å². The number of halogens is 2. The number of fused-ring (bicyclic) bond motifs is 1. The molecule has 0 spiro atoms. The highest BCUT2D eigenvalue weighted by molar-refractivity contribution is 5.97. The minimum absolute atomic E-state index is 0.174. The van der Waals surface area contributed by atoms with Gasteiger partial charge in [0.25, 0.3) is 11.8 Å². The van der Waals surface area contributed by atoms with Crippen LogP contribution in [-0.2, 0) is 0 Å². The monoisotopic (exact) mass is 408 g/mol. The molecule has 3 aromatic heterocycles. The Hall–Kier alpha value is -3.62. The van der Waals surface area contributed by atoms with Crippen LogP contribution >= 0.6 is 0 Å². The van der Waals surface area contributed by atoms with E-state index in [0.29, 0.717) is 30.0 Å². The fourth-order valence-corrected chi connectivity index (χ4v) is 3.80. The van der Waals surface area contributed by atoms with Gasteiger partial charge in [-0.25, -0.2) is 13.8 Å². The van der Waals surface area contributed by atoms with E-state index >= 15 is 0 Å². The Morgan fingerprint density at radius 1 is 1.17 bits per heavy atom. The largest absolute Gasteiger partial charge is 0.333 e. The number of hydrogen-bond acceptors (Lipinski definition) is 4. The molecule has 30 heavy (non-hydrogen) atoms. The number of aromatic amines is 1. The van der Waals surface area contributed by atoms with Crippen molar-refractivity contribution < 1.29 is 13.6 Å². The van der Waals surface area contributed by atoms with Crippen LogP contribution in [0.4, 0.5) is 8.78 Å². The molecule has 1 aromatic carbocycles. The van der Waals surface area contributed by atoms with Crippen molar-refractivity contribution in [2.45, 2.75) is 18.8 Å². The Bertz CT molecular complexity index is 1200. The number of hydrogen-bond donors (Lipinski definition) is 1. The lowest BCUT2D eigenvalue weighted by Gasteiger charge is -2.32. The van der Waals surface area contributed by atoms with Gasteiger partial charge in [0.15, 0.2) is 5.82 Å². The fourth-order valence-electron chi connectivity index (χ4n) is 3.80. The quantitative estimate of drug-likeness (QED) is 0.561. The molecule has 4 heterocycles. The first-order chi connectivity index (χ1) is 14.5. The minimum Gasteiger partial charge on any atom is -0.333 e. The number of benzene rings is 1. The normalized spacial score (nSPS) is 16.1. The second kappa shape index (κ2) is 7.01. The number of piperidine rings is 1. The molecule has 1 N–H and O–H groups in total. The number of aromatic nitrogens is 5. The van der Waals surface area contributed by atoms with Gasteiger partial charge in [0.2, 0.25) is 0 Å². The maximum absolute atomic E-state index is 13.7. The van der Waals surface area contributed by atoms with Crippen LogP contribution in [0, 0.1) is 0 Å². The highest BCUT2D eigenvalue weighted by Crippen LogP contribution is 2.28. The van der Waals surface area contributed by atoms with Gasteiger partial charge in [-0.3, -0.25) is 4.79 Å². The lowest BCUT2D eigenvalue weighted by molar-refractivity contribution is -0.0560. The molecule has 1 saturated heterocycles. The third-order valence-corrected chi connectivity index (χ3v) is 5.29. The second-order valence-electron chi connectivity index (χ2n) is 7.39. The summed E-state index contributed by atoms with van der Waals surface area (Å²) in [4.78, 5) is 21.3. The van der Waals surface area contributed by atoms with Gasteiger partial charge in [0, 0.05) is 42.0 Å². The third-order valence-electron chi connectivity index (χ3n) is 5.29. The van der Waals surface area contributed by atoms with Gasteiger partial charge < -0.3 is 14.5 Å². The Morgan fingerprint density at radius 2 is 2.00 bits per heavy atom. The fraction of sp³-hybridized carbons (Fsp3) is 0.238. The SMILES string of the molecule is O=C(c1cnc2c(ccn2-c2ccc(-c3nnc[nH]3)cc2)c1)N1CCCC(F)(F)C1. The van der Waals surface area contributed by atoms with E-state index in [-0.39, 0.29) is 6.42 Å². The van der Waals surface area contributed by atoms with Gasteiger partial charge in [0.1, 0.15) is 12.0 Å². The van der Waals surface area contributed by atoms with Gasteiger partial charge in [-0.05, 0) is 42.8 Å². The second-order valence-corrected chi connectivity index (χ2v) is 7.39. The van der Waals surface area contributed by atoms with E-state index in [2.05, 4.69) is 20.2 Å². The van der Waals surface area contributed by atoms with E-state index in [1.807, 2.05) is 41.1 Å². The molecule has 0 saturated carbocycles. The van der Waals surface area contributed by atoms with Crippen molar-refractivity contribution >= 4 is 16.9 Å². The summed E-state index contributed by atoms with van der Waals surface area (Å²) in [6, 6.07) is 11.3. The number of H-pyrrole nitrogens is 1. The van der Waals surface area contributed by atoms with Crippen LogP contribution < -0.4 is 0 Å². The summed E-state index contributed by atoms with van der Waals surface area (Å²) in [5, 5.41) is 8.55. The van der Waals surface area contributed by atoms with Crippen molar-refractivity contribution in [3.05, 3.63) is 60.7 Å². The van der Waals surface area contributed by atoms with Gasteiger partial charge in [-0.2, -0.15) is 0 Å². The average molecular weight is 408 g/mol. The molecule has 0 bridgehead atoms. The predicted octanol–water partition coefficient (Wildman–Crippen LogP) is 3.68. The van der Waals surface area contributed by atoms with Crippen LogP contribution in [0.25, 0.3) is 28.1 Å². The predicted molar refractivity (Wildman–Crippen MR) is 107 cm³/mol. The first-order valence-electron chi connectivity index (χ1n) is 9.61. The molecule has 7 nitrogen and oxygen atoms in total. The van der Waals surface area contributed by atoms with Gasteiger partial charge >= 0.3 is 0 Å². The number of amides is 1. The molecular weight excluding hydrogens is 390 g/mol. The number of nitrogens with one attached hydrogen (secondary N) is 1. The van der Waals surface area contributed by atoms with Gasteiger partial charge in [-0.1, -0.05) is 0 Å². The molecular formula is C21H18F2N6O. The first kappa shape index (κ1) is 18.4. The highest BCUT2D eigenvalue weighted by atomic mass is 19.3. The van der Waals surface area contributed by atoms with Crippen molar-refractivity contribution in [2.75, 3.05) is 13.1 Å². The number of rotatable bonds is 3. The Morgan fingerprint density at radius 3 is 2.73 bits per heavy atom. The zero-order valence-corrected chi connectivity index (χ0v) is 15.9. The molecule has 1 fully saturated rings. The average Bonchev–Trinajstić information content (AvgIpc) is 3.42. The smallest absolute Gasteiger partial charge is 0.265 e. The van der Waals surface area contributed by atoms with E-state index < -0.39 is 18.4 Å². The molecule has 0 radical (unpaired) electrons. The lowest BCUT2D eigenvalue weighted by atomic mass is 10.1. The molecule has 1 aliphatic rings. The number of alkyl halides is 2. The van der Waals surface area contributed by atoms with E-state index in [1.54, 1.807) is 6.07 Å². The van der Waals surface area contributed by atoms with Crippen molar-refractivity contribution in [3.8, 4) is 17.1 Å². The Kier molecular flexibility index (Phi) is 4.30. The van der Waals surface area contributed by atoms with Gasteiger partial charge in [-0.15, -0.1) is 10.2 Å². The molecule has 9 heteroatoms. The Labute approximate surface area is 170 Å². The molecule has 0 aliphatic carbocycles. The summed E-state index contributed by atoms with van der Waals surface area (Å²) in [6.07, 6.45) is 4.97.